The largest absolute Gasteiger partial charge is 0.416 e. The Kier molecular flexibility index (Phi) is 6.20. The maximum absolute atomic E-state index is 13.1. The van der Waals surface area contributed by atoms with Crippen molar-refractivity contribution >= 4 is 16.7 Å². The maximum Gasteiger partial charge on any atom is 0.416 e. The van der Waals surface area contributed by atoms with Crippen molar-refractivity contribution in [3.63, 3.8) is 0 Å². The fourth-order valence-corrected chi connectivity index (χ4v) is 3.89. The highest BCUT2D eigenvalue weighted by Crippen LogP contribution is 2.29. The zero-order chi connectivity index (χ0) is 21.8. The molecule has 0 atom stereocenters. The van der Waals surface area contributed by atoms with E-state index in [1.807, 2.05) is 0 Å². The fraction of sp³-hybridized carbons (Fsp3) is 0.273. The van der Waals surface area contributed by atoms with Crippen LogP contribution < -0.4 is 4.90 Å². The topological polar surface area (TPSA) is 32.3 Å². The van der Waals surface area contributed by atoms with Crippen LogP contribution in [0.15, 0.2) is 48.5 Å². The molecule has 1 aliphatic heterocycles. The van der Waals surface area contributed by atoms with Crippen LogP contribution >= 0.6 is 11.5 Å². The molecule has 160 valence electrons. The molecular formula is C22H18F4N4S. The lowest BCUT2D eigenvalue weighted by molar-refractivity contribution is -0.137. The molecule has 4 nitrogen and oxygen atoms in total. The van der Waals surface area contributed by atoms with E-state index in [0.717, 1.165) is 49.0 Å². The number of benzene rings is 2. The third kappa shape index (κ3) is 5.40. The van der Waals surface area contributed by atoms with Gasteiger partial charge in [-0.25, -0.2) is 4.39 Å². The van der Waals surface area contributed by atoms with Crippen molar-refractivity contribution in [1.82, 2.24) is 14.3 Å². The average molecular weight is 446 g/mol. The molecule has 0 radical (unpaired) electrons. The predicted octanol–water partition coefficient (Wildman–Crippen LogP) is 4.54. The van der Waals surface area contributed by atoms with Gasteiger partial charge in [0.1, 0.15) is 5.82 Å². The second-order valence-corrected chi connectivity index (χ2v) is 7.78. The summed E-state index contributed by atoms with van der Waals surface area (Å²) < 4.78 is 55.3. The van der Waals surface area contributed by atoms with E-state index in [4.69, 9.17) is 0 Å². The van der Waals surface area contributed by atoms with E-state index < -0.39 is 11.7 Å². The molecule has 1 aromatic heterocycles. The van der Waals surface area contributed by atoms with Crippen LogP contribution in [0.5, 0.6) is 0 Å². The van der Waals surface area contributed by atoms with Crippen molar-refractivity contribution in [2.45, 2.75) is 6.18 Å². The summed E-state index contributed by atoms with van der Waals surface area (Å²) in [5.74, 6) is 6.25. The summed E-state index contributed by atoms with van der Waals surface area (Å²) in [6.45, 7) is 3.70. The molecular weight excluding hydrogens is 428 g/mol. The Balaban J connectivity index is 1.29. The minimum absolute atomic E-state index is 0.295. The van der Waals surface area contributed by atoms with E-state index in [9.17, 15) is 17.6 Å². The molecule has 1 fully saturated rings. The lowest BCUT2D eigenvalue weighted by Gasteiger charge is -2.33. The normalized spacial score (nSPS) is 14.9. The molecule has 0 spiro atoms. The summed E-state index contributed by atoms with van der Waals surface area (Å²) in [5.41, 5.74) is 0.670. The van der Waals surface area contributed by atoms with E-state index in [-0.39, 0.29) is 5.82 Å². The second-order valence-electron chi connectivity index (χ2n) is 7.05. The average Bonchev–Trinajstić information content (AvgIpc) is 3.25. The van der Waals surface area contributed by atoms with Gasteiger partial charge in [0.2, 0.25) is 5.13 Å². The second kappa shape index (κ2) is 9.04. The fourth-order valence-electron chi connectivity index (χ4n) is 3.15. The number of anilines is 1. The van der Waals surface area contributed by atoms with Crippen LogP contribution in [0.3, 0.4) is 0 Å². The smallest absolute Gasteiger partial charge is 0.344 e. The van der Waals surface area contributed by atoms with Gasteiger partial charge in [0, 0.05) is 48.8 Å². The summed E-state index contributed by atoms with van der Waals surface area (Å²) in [5, 5.41) is 0.829. The van der Waals surface area contributed by atoms with Gasteiger partial charge in [0.25, 0.3) is 0 Å². The predicted molar refractivity (Wildman–Crippen MR) is 112 cm³/mol. The molecule has 2 heterocycles. The molecule has 4 rings (SSSR count). The number of aromatic nitrogens is 2. The Morgan fingerprint density at radius 2 is 1.61 bits per heavy atom. The van der Waals surface area contributed by atoms with Gasteiger partial charge in [-0.1, -0.05) is 11.8 Å². The lowest BCUT2D eigenvalue weighted by Crippen LogP contribution is -2.46. The summed E-state index contributed by atoms with van der Waals surface area (Å²) in [6, 6.07) is 11.0. The highest BCUT2D eigenvalue weighted by atomic mass is 32.1. The Labute approximate surface area is 181 Å². The van der Waals surface area contributed by atoms with Crippen LogP contribution in [0, 0.1) is 17.7 Å². The number of alkyl halides is 3. The van der Waals surface area contributed by atoms with E-state index in [1.54, 1.807) is 12.1 Å². The molecule has 0 bridgehead atoms. The van der Waals surface area contributed by atoms with Crippen LogP contribution in [0.1, 0.15) is 11.1 Å². The van der Waals surface area contributed by atoms with Gasteiger partial charge in [-0.3, -0.25) is 4.90 Å². The Hall–Kier alpha value is -2.96. The number of nitrogens with zero attached hydrogens (tertiary/aromatic N) is 4. The van der Waals surface area contributed by atoms with Crippen LogP contribution in [-0.2, 0) is 6.18 Å². The van der Waals surface area contributed by atoms with Crippen LogP contribution in [0.2, 0.25) is 0 Å². The molecule has 0 amide bonds. The number of piperazine rings is 1. The minimum atomic E-state index is -4.33. The van der Waals surface area contributed by atoms with Gasteiger partial charge in [-0.15, -0.1) is 0 Å². The van der Waals surface area contributed by atoms with Gasteiger partial charge < -0.3 is 4.90 Å². The van der Waals surface area contributed by atoms with E-state index in [2.05, 4.69) is 31.0 Å². The molecule has 0 aliphatic carbocycles. The Morgan fingerprint density at radius 1 is 0.935 bits per heavy atom. The first-order chi connectivity index (χ1) is 14.9. The molecule has 0 N–H and O–H groups in total. The quantitative estimate of drug-likeness (QED) is 0.437. The molecule has 1 aliphatic rings. The van der Waals surface area contributed by atoms with E-state index in [1.165, 1.54) is 35.8 Å². The third-order valence-electron chi connectivity index (χ3n) is 4.91. The zero-order valence-corrected chi connectivity index (χ0v) is 17.2. The van der Waals surface area contributed by atoms with E-state index >= 15 is 0 Å². The summed E-state index contributed by atoms with van der Waals surface area (Å²) in [6.07, 6.45) is -4.33. The number of hydrogen-bond donors (Lipinski definition) is 0. The molecule has 3 aromatic rings. The maximum atomic E-state index is 13.1. The zero-order valence-electron chi connectivity index (χ0n) is 16.4. The van der Waals surface area contributed by atoms with Crippen molar-refractivity contribution in [1.29, 1.82) is 0 Å². The van der Waals surface area contributed by atoms with E-state index in [0.29, 0.717) is 17.9 Å². The number of hydrogen-bond acceptors (Lipinski definition) is 5. The highest BCUT2D eigenvalue weighted by Gasteiger charge is 2.29. The minimum Gasteiger partial charge on any atom is -0.344 e. The standard InChI is InChI=1S/C22H18F4N4S/c23-19-9-5-17(6-10-19)20-27-21(31-28-20)30-14-12-29(13-15-30)11-1-2-16-3-7-18(8-4-16)22(24,25)26/h3-10H,11-15H2. The first-order valence-corrected chi connectivity index (χ1v) is 10.4. The van der Waals surface area contributed by atoms with Crippen LogP contribution in [0.4, 0.5) is 22.7 Å². The lowest BCUT2D eigenvalue weighted by atomic mass is 10.1. The number of halogens is 4. The van der Waals surface area contributed by atoms with Crippen molar-refractivity contribution in [3.05, 3.63) is 65.5 Å². The summed E-state index contributed by atoms with van der Waals surface area (Å²) in [7, 11) is 0. The van der Waals surface area contributed by atoms with Crippen LogP contribution in [0.25, 0.3) is 11.4 Å². The molecule has 1 saturated heterocycles. The SMILES string of the molecule is Fc1ccc(-c2nsc(N3CCN(CC#Cc4ccc(C(F)(F)F)cc4)CC3)n2)cc1. The van der Waals surface area contributed by atoms with Gasteiger partial charge in [-0.2, -0.15) is 22.5 Å². The molecule has 31 heavy (non-hydrogen) atoms. The molecule has 9 heteroatoms. The van der Waals surface area contributed by atoms with Crippen molar-refractivity contribution in [2.75, 3.05) is 37.6 Å². The van der Waals surface area contributed by atoms with Gasteiger partial charge in [-0.05, 0) is 48.5 Å². The first kappa shape index (κ1) is 21.3. The summed E-state index contributed by atoms with van der Waals surface area (Å²) >= 11 is 1.32. The van der Waals surface area contributed by atoms with Gasteiger partial charge in [0.15, 0.2) is 5.82 Å². The first-order valence-electron chi connectivity index (χ1n) is 9.61. The van der Waals surface area contributed by atoms with Crippen molar-refractivity contribution in [2.24, 2.45) is 0 Å². The van der Waals surface area contributed by atoms with Crippen molar-refractivity contribution < 1.29 is 17.6 Å². The molecule has 2 aromatic carbocycles. The number of rotatable bonds is 3. The highest BCUT2D eigenvalue weighted by molar-refractivity contribution is 7.09. The molecule has 0 unspecified atom stereocenters. The van der Waals surface area contributed by atoms with Gasteiger partial charge in [0.05, 0.1) is 12.1 Å². The van der Waals surface area contributed by atoms with Crippen LogP contribution in [-0.4, -0.2) is 47.0 Å². The monoisotopic (exact) mass is 446 g/mol. The Bertz CT molecular complexity index is 1070. The Morgan fingerprint density at radius 3 is 2.26 bits per heavy atom. The van der Waals surface area contributed by atoms with Crippen molar-refractivity contribution in [3.8, 4) is 23.2 Å². The molecule has 0 saturated carbocycles. The summed E-state index contributed by atoms with van der Waals surface area (Å²) in [4.78, 5) is 8.92. The third-order valence-corrected chi connectivity index (χ3v) is 5.69. The van der Waals surface area contributed by atoms with Gasteiger partial charge >= 0.3 is 6.18 Å².